The summed E-state index contributed by atoms with van der Waals surface area (Å²) in [5.41, 5.74) is 7.84. The summed E-state index contributed by atoms with van der Waals surface area (Å²) >= 11 is 0. The van der Waals surface area contributed by atoms with E-state index in [1.54, 1.807) is 7.11 Å². The molecule has 0 amide bonds. The highest BCUT2D eigenvalue weighted by atomic mass is 16.5. The SMILES string of the molecule is COc1ccc(CNc2nc(C)nc(N)c2C)cc1. The Kier molecular flexibility index (Phi) is 3.85. The van der Waals surface area contributed by atoms with Crippen LogP contribution < -0.4 is 15.8 Å². The lowest BCUT2D eigenvalue weighted by atomic mass is 10.2. The van der Waals surface area contributed by atoms with Gasteiger partial charge in [-0.2, -0.15) is 0 Å². The summed E-state index contributed by atoms with van der Waals surface area (Å²) in [5.74, 6) is 2.81. The lowest BCUT2D eigenvalue weighted by molar-refractivity contribution is 0.414. The highest BCUT2D eigenvalue weighted by Crippen LogP contribution is 2.18. The second-order valence-electron chi connectivity index (χ2n) is 4.33. The van der Waals surface area contributed by atoms with Gasteiger partial charge >= 0.3 is 0 Å². The van der Waals surface area contributed by atoms with E-state index < -0.39 is 0 Å². The largest absolute Gasteiger partial charge is 0.497 e. The van der Waals surface area contributed by atoms with Crippen molar-refractivity contribution in [3.05, 3.63) is 41.2 Å². The average Bonchev–Trinajstić information content (AvgIpc) is 2.41. The molecule has 0 spiro atoms. The molecule has 0 bridgehead atoms. The van der Waals surface area contributed by atoms with E-state index in [0.29, 0.717) is 18.2 Å². The summed E-state index contributed by atoms with van der Waals surface area (Å²) in [6.45, 7) is 4.42. The molecule has 0 aliphatic carbocycles. The Morgan fingerprint density at radius 2 is 1.84 bits per heavy atom. The number of nitrogens with two attached hydrogens (primary N) is 1. The van der Waals surface area contributed by atoms with Crippen molar-refractivity contribution in [1.29, 1.82) is 0 Å². The highest BCUT2D eigenvalue weighted by molar-refractivity contribution is 5.54. The number of nitrogens with one attached hydrogen (secondary N) is 1. The first-order valence-corrected chi connectivity index (χ1v) is 6.07. The van der Waals surface area contributed by atoms with Gasteiger partial charge in [0.2, 0.25) is 0 Å². The maximum Gasteiger partial charge on any atom is 0.135 e. The summed E-state index contributed by atoms with van der Waals surface area (Å²) in [5, 5.41) is 3.28. The number of aryl methyl sites for hydroxylation is 1. The van der Waals surface area contributed by atoms with Crippen molar-refractivity contribution in [2.24, 2.45) is 0 Å². The minimum atomic E-state index is 0.518. The highest BCUT2D eigenvalue weighted by Gasteiger charge is 2.06. The van der Waals surface area contributed by atoms with Gasteiger partial charge in [-0.25, -0.2) is 9.97 Å². The fraction of sp³-hybridized carbons (Fsp3) is 0.286. The Hall–Kier alpha value is -2.30. The smallest absolute Gasteiger partial charge is 0.135 e. The zero-order valence-electron chi connectivity index (χ0n) is 11.4. The summed E-state index contributed by atoms with van der Waals surface area (Å²) in [6, 6.07) is 7.89. The first kappa shape index (κ1) is 13.1. The number of benzene rings is 1. The van der Waals surface area contributed by atoms with Gasteiger partial charge in [-0.3, -0.25) is 0 Å². The molecule has 0 saturated heterocycles. The van der Waals surface area contributed by atoms with Crippen molar-refractivity contribution >= 4 is 11.6 Å². The third-order valence-corrected chi connectivity index (χ3v) is 2.91. The molecule has 0 aliphatic heterocycles. The van der Waals surface area contributed by atoms with Gasteiger partial charge in [-0.15, -0.1) is 0 Å². The molecule has 3 N–H and O–H groups in total. The number of nitrogens with zero attached hydrogens (tertiary/aromatic N) is 2. The van der Waals surface area contributed by atoms with E-state index in [0.717, 1.165) is 22.7 Å². The van der Waals surface area contributed by atoms with Gasteiger partial charge < -0.3 is 15.8 Å². The van der Waals surface area contributed by atoms with E-state index >= 15 is 0 Å². The second kappa shape index (κ2) is 5.56. The van der Waals surface area contributed by atoms with Gasteiger partial charge in [0, 0.05) is 12.1 Å². The van der Waals surface area contributed by atoms with Gasteiger partial charge in [0.15, 0.2) is 0 Å². The lowest BCUT2D eigenvalue weighted by Crippen LogP contribution is -2.08. The van der Waals surface area contributed by atoms with Crippen molar-refractivity contribution < 1.29 is 4.74 Å². The van der Waals surface area contributed by atoms with Crippen molar-refractivity contribution in [3.8, 4) is 5.75 Å². The molecule has 0 radical (unpaired) electrons. The summed E-state index contributed by atoms with van der Waals surface area (Å²) in [7, 11) is 1.66. The lowest BCUT2D eigenvalue weighted by Gasteiger charge is -2.11. The second-order valence-corrected chi connectivity index (χ2v) is 4.33. The van der Waals surface area contributed by atoms with Crippen molar-refractivity contribution in [2.45, 2.75) is 20.4 Å². The van der Waals surface area contributed by atoms with Crippen LogP contribution in [-0.2, 0) is 6.54 Å². The summed E-state index contributed by atoms with van der Waals surface area (Å²) < 4.78 is 5.12. The molecule has 5 heteroatoms. The topological polar surface area (TPSA) is 73.1 Å². The van der Waals surface area contributed by atoms with Gasteiger partial charge in [0.25, 0.3) is 0 Å². The van der Waals surface area contributed by atoms with Crippen LogP contribution in [0.15, 0.2) is 24.3 Å². The Labute approximate surface area is 112 Å². The van der Waals surface area contributed by atoms with Crippen LogP contribution in [0.1, 0.15) is 17.0 Å². The number of nitrogen functional groups attached to an aromatic ring is 1. The minimum Gasteiger partial charge on any atom is -0.497 e. The zero-order chi connectivity index (χ0) is 13.8. The molecule has 0 fully saturated rings. The quantitative estimate of drug-likeness (QED) is 0.880. The number of aromatic nitrogens is 2. The Morgan fingerprint density at radius 1 is 1.16 bits per heavy atom. The molecule has 0 aliphatic rings. The van der Waals surface area contributed by atoms with E-state index in [1.165, 1.54) is 0 Å². The Bertz CT molecular complexity index is 566. The van der Waals surface area contributed by atoms with E-state index in [2.05, 4.69) is 15.3 Å². The third kappa shape index (κ3) is 3.13. The van der Waals surface area contributed by atoms with E-state index in [1.807, 2.05) is 38.1 Å². The van der Waals surface area contributed by atoms with Gasteiger partial charge in [0.1, 0.15) is 23.2 Å². The number of ether oxygens (including phenoxy) is 1. The van der Waals surface area contributed by atoms with Crippen LogP contribution in [0.4, 0.5) is 11.6 Å². The fourth-order valence-electron chi connectivity index (χ4n) is 1.75. The summed E-state index contributed by atoms with van der Waals surface area (Å²) in [4.78, 5) is 8.48. The number of hydrogen-bond donors (Lipinski definition) is 2. The molecule has 5 nitrogen and oxygen atoms in total. The molecular weight excluding hydrogens is 240 g/mol. The van der Waals surface area contributed by atoms with Crippen molar-refractivity contribution in [3.63, 3.8) is 0 Å². The van der Waals surface area contributed by atoms with Crippen LogP contribution in [-0.4, -0.2) is 17.1 Å². The van der Waals surface area contributed by atoms with E-state index in [9.17, 15) is 0 Å². The first-order valence-electron chi connectivity index (χ1n) is 6.07. The maximum atomic E-state index is 5.82. The van der Waals surface area contributed by atoms with Crippen LogP contribution in [0, 0.1) is 13.8 Å². The monoisotopic (exact) mass is 258 g/mol. The van der Waals surface area contributed by atoms with Gasteiger partial charge in [-0.1, -0.05) is 12.1 Å². The summed E-state index contributed by atoms with van der Waals surface area (Å²) in [6.07, 6.45) is 0. The normalized spacial score (nSPS) is 10.3. The van der Waals surface area contributed by atoms with Crippen LogP contribution in [0.3, 0.4) is 0 Å². The molecule has 1 aromatic heterocycles. The molecule has 2 rings (SSSR count). The Balaban J connectivity index is 2.09. The molecule has 1 aromatic carbocycles. The van der Waals surface area contributed by atoms with Gasteiger partial charge in [-0.05, 0) is 31.5 Å². The average molecular weight is 258 g/mol. The molecule has 0 atom stereocenters. The number of methoxy groups -OCH3 is 1. The molecular formula is C14H18N4O. The van der Waals surface area contributed by atoms with Crippen molar-refractivity contribution in [1.82, 2.24) is 9.97 Å². The fourth-order valence-corrected chi connectivity index (χ4v) is 1.75. The molecule has 2 aromatic rings. The first-order chi connectivity index (χ1) is 9.10. The molecule has 100 valence electrons. The van der Waals surface area contributed by atoms with E-state index in [-0.39, 0.29) is 0 Å². The Morgan fingerprint density at radius 3 is 2.47 bits per heavy atom. The minimum absolute atomic E-state index is 0.518. The number of rotatable bonds is 4. The van der Waals surface area contributed by atoms with Crippen LogP contribution in [0.5, 0.6) is 5.75 Å². The zero-order valence-corrected chi connectivity index (χ0v) is 11.4. The molecule has 0 unspecified atom stereocenters. The predicted octanol–water partition coefficient (Wildman–Crippen LogP) is 2.30. The predicted molar refractivity (Wildman–Crippen MR) is 76.2 cm³/mol. The maximum absolute atomic E-state index is 5.82. The number of hydrogen-bond acceptors (Lipinski definition) is 5. The molecule has 0 saturated carbocycles. The van der Waals surface area contributed by atoms with E-state index in [4.69, 9.17) is 10.5 Å². The van der Waals surface area contributed by atoms with Crippen molar-refractivity contribution in [2.75, 3.05) is 18.2 Å². The molecule has 1 heterocycles. The number of anilines is 2. The van der Waals surface area contributed by atoms with Gasteiger partial charge in [0.05, 0.1) is 7.11 Å². The van der Waals surface area contributed by atoms with Crippen LogP contribution in [0.2, 0.25) is 0 Å². The third-order valence-electron chi connectivity index (χ3n) is 2.91. The van der Waals surface area contributed by atoms with Crippen LogP contribution in [0.25, 0.3) is 0 Å². The molecule has 19 heavy (non-hydrogen) atoms. The van der Waals surface area contributed by atoms with Crippen LogP contribution >= 0.6 is 0 Å². The standard InChI is InChI=1S/C14H18N4O/c1-9-13(15)17-10(2)18-14(9)16-8-11-4-6-12(19-3)7-5-11/h4-7H,8H2,1-3H3,(H3,15,16,17,18).